The summed E-state index contributed by atoms with van der Waals surface area (Å²) in [5, 5.41) is 18.9. The molecule has 0 fully saturated rings. The van der Waals surface area contributed by atoms with Crippen LogP contribution in [0.4, 0.5) is 0 Å². The van der Waals surface area contributed by atoms with Gasteiger partial charge in [-0.15, -0.1) is 0 Å². The third kappa shape index (κ3) is 4.62. The molecule has 256 valence electrons. The highest BCUT2D eigenvalue weighted by molar-refractivity contribution is 6.28. The highest BCUT2D eigenvalue weighted by atomic mass is 14.7. The van der Waals surface area contributed by atoms with E-state index in [4.69, 9.17) is 9.97 Å². The largest absolute Gasteiger partial charge is 0.256 e. The lowest BCUT2D eigenvalue weighted by atomic mass is 9.81. The Hall–Kier alpha value is -7.15. The predicted molar refractivity (Wildman–Crippen MR) is 228 cm³/mol. The maximum atomic E-state index is 9.62. The summed E-state index contributed by atoms with van der Waals surface area (Å²) in [5.74, 6) is 0. The second-order valence-electron chi connectivity index (χ2n) is 15.2. The van der Waals surface area contributed by atoms with Gasteiger partial charge in [0.05, 0.1) is 28.4 Å². The van der Waals surface area contributed by atoms with Crippen molar-refractivity contribution in [1.29, 1.82) is 5.26 Å². The number of fused-ring (bicyclic) bond motifs is 11. The minimum absolute atomic E-state index is 0.210. The molecule has 8 aromatic carbocycles. The molecule has 0 radical (unpaired) electrons. The molecule has 0 saturated heterocycles. The van der Waals surface area contributed by atoms with E-state index in [1.54, 1.807) is 0 Å². The van der Waals surface area contributed by atoms with Crippen molar-refractivity contribution in [2.24, 2.45) is 0 Å². The number of hydrogen-bond acceptors (Lipinski definition) is 3. The average Bonchev–Trinajstić information content (AvgIpc) is 3.47. The van der Waals surface area contributed by atoms with Crippen LogP contribution in [0.25, 0.3) is 98.8 Å². The monoisotopic (exact) mass is 699 g/mol. The summed E-state index contributed by atoms with van der Waals surface area (Å²) in [6.07, 6.45) is 1.89. The summed E-state index contributed by atoms with van der Waals surface area (Å²) in [5.41, 5.74) is 14.2. The fourth-order valence-corrected chi connectivity index (χ4v) is 9.21. The van der Waals surface area contributed by atoms with Gasteiger partial charge < -0.3 is 0 Å². The molecule has 0 spiro atoms. The smallest absolute Gasteiger partial charge is 0.0991 e. The van der Waals surface area contributed by atoms with Crippen LogP contribution in [0.2, 0.25) is 0 Å². The number of benzene rings is 8. The first-order valence-electron chi connectivity index (χ1n) is 18.8. The Kier molecular flexibility index (Phi) is 6.66. The van der Waals surface area contributed by atoms with Crippen LogP contribution >= 0.6 is 0 Å². The van der Waals surface area contributed by atoms with E-state index in [1.807, 2.05) is 18.3 Å². The third-order valence-corrected chi connectivity index (χ3v) is 11.9. The van der Waals surface area contributed by atoms with Crippen molar-refractivity contribution in [3.05, 3.63) is 181 Å². The maximum absolute atomic E-state index is 9.62. The topological polar surface area (TPSA) is 49.6 Å². The molecule has 3 heteroatoms. The Bertz CT molecular complexity index is 3300. The molecule has 0 unspecified atom stereocenters. The predicted octanol–water partition coefficient (Wildman–Crippen LogP) is 13.4. The van der Waals surface area contributed by atoms with Crippen LogP contribution in [0.15, 0.2) is 164 Å². The lowest BCUT2D eigenvalue weighted by molar-refractivity contribution is 0.660. The third-order valence-electron chi connectivity index (χ3n) is 11.9. The van der Waals surface area contributed by atoms with E-state index < -0.39 is 0 Å². The number of pyridine rings is 2. The van der Waals surface area contributed by atoms with E-state index in [9.17, 15) is 5.26 Å². The van der Waals surface area contributed by atoms with E-state index >= 15 is 0 Å². The number of rotatable bonds is 3. The maximum Gasteiger partial charge on any atom is 0.0991 e. The van der Waals surface area contributed by atoms with Crippen LogP contribution in [-0.2, 0) is 5.41 Å². The van der Waals surface area contributed by atoms with Crippen LogP contribution in [0.5, 0.6) is 0 Å². The van der Waals surface area contributed by atoms with Gasteiger partial charge in [-0.05, 0) is 91.0 Å². The summed E-state index contributed by atoms with van der Waals surface area (Å²) in [7, 11) is 0. The molecular weight excluding hydrogens is 667 g/mol. The first kappa shape index (κ1) is 31.4. The van der Waals surface area contributed by atoms with Gasteiger partial charge in [0.1, 0.15) is 0 Å². The minimum Gasteiger partial charge on any atom is -0.256 e. The molecule has 0 atom stereocenters. The molecule has 55 heavy (non-hydrogen) atoms. The van der Waals surface area contributed by atoms with Gasteiger partial charge in [-0.2, -0.15) is 5.26 Å². The van der Waals surface area contributed by atoms with Crippen molar-refractivity contribution in [2.45, 2.75) is 19.3 Å². The van der Waals surface area contributed by atoms with Crippen LogP contribution in [0, 0.1) is 11.3 Å². The SMILES string of the molecule is CC1(C)c2cc(C#N)ccc2-c2ccc(-c3ccc(-c4ccc5c(c4)nc(-c4ccccc4)c4ccc6ccc7cccnc7c6c45)c4ccccc34)cc21. The molecule has 2 heterocycles. The van der Waals surface area contributed by atoms with E-state index in [0.29, 0.717) is 5.56 Å². The van der Waals surface area contributed by atoms with Crippen molar-refractivity contribution in [3.8, 4) is 50.7 Å². The Morgan fingerprint density at radius 2 is 1.13 bits per heavy atom. The number of nitriles is 1. The fraction of sp³-hybridized carbons (Fsp3) is 0.0577. The Morgan fingerprint density at radius 1 is 0.491 bits per heavy atom. The Morgan fingerprint density at radius 3 is 1.91 bits per heavy atom. The van der Waals surface area contributed by atoms with Gasteiger partial charge in [0.2, 0.25) is 0 Å². The second-order valence-corrected chi connectivity index (χ2v) is 15.2. The minimum atomic E-state index is -0.210. The summed E-state index contributed by atoms with van der Waals surface area (Å²) < 4.78 is 0. The van der Waals surface area contributed by atoms with Crippen LogP contribution < -0.4 is 0 Å². The van der Waals surface area contributed by atoms with Crippen molar-refractivity contribution >= 4 is 54.1 Å². The van der Waals surface area contributed by atoms with E-state index in [0.717, 1.165) is 49.4 Å². The molecular formula is C52H33N3. The summed E-state index contributed by atoms with van der Waals surface area (Å²) in [6, 6.07) is 58.9. The summed E-state index contributed by atoms with van der Waals surface area (Å²) in [6.45, 7) is 4.54. The molecule has 1 aliphatic rings. The molecule has 10 aromatic rings. The van der Waals surface area contributed by atoms with Crippen LogP contribution in [-0.4, -0.2) is 9.97 Å². The molecule has 0 amide bonds. The van der Waals surface area contributed by atoms with Gasteiger partial charge in [0, 0.05) is 44.1 Å². The molecule has 0 aliphatic heterocycles. The van der Waals surface area contributed by atoms with Crippen molar-refractivity contribution in [2.75, 3.05) is 0 Å². The molecule has 0 saturated carbocycles. The Labute approximate surface area is 318 Å². The molecule has 2 aromatic heterocycles. The number of nitrogens with zero attached hydrogens (tertiary/aromatic N) is 3. The molecule has 3 nitrogen and oxygen atoms in total. The first-order valence-corrected chi connectivity index (χ1v) is 18.8. The second kappa shape index (κ2) is 11.7. The van der Waals surface area contributed by atoms with Crippen molar-refractivity contribution < 1.29 is 0 Å². The molecule has 1 aliphatic carbocycles. The van der Waals surface area contributed by atoms with Crippen molar-refractivity contribution in [1.82, 2.24) is 9.97 Å². The normalized spacial score (nSPS) is 13.0. The van der Waals surface area contributed by atoms with Gasteiger partial charge in [0.15, 0.2) is 0 Å². The van der Waals surface area contributed by atoms with E-state index in [2.05, 4.69) is 166 Å². The van der Waals surface area contributed by atoms with E-state index in [-0.39, 0.29) is 5.41 Å². The first-order chi connectivity index (χ1) is 27.0. The fourth-order valence-electron chi connectivity index (χ4n) is 9.21. The summed E-state index contributed by atoms with van der Waals surface area (Å²) in [4.78, 5) is 10.3. The van der Waals surface area contributed by atoms with Crippen molar-refractivity contribution in [3.63, 3.8) is 0 Å². The number of aromatic nitrogens is 2. The van der Waals surface area contributed by atoms with Gasteiger partial charge in [-0.25, -0.2) is 4.98 Å². The van der Waals surface area contributed by atoms with Gasteiger partial charge in [-0.3, -0.25) is 4.98 Å². The quantitative estimate of drug-likeness (QED) is 0.173. The lowest BCUT2D eigenvalue weighted by Gasteiger charge is -2.22. The molecule has 11 rings (SSSR count). The van der Waals surface area contributed by atoms with E-state index in [1.165, 1.54) is 60.5 Å². The van der Waals surface area contributed by atoms with Gasteiger partial charge in [-0.1, -0.05) is 141 Å². The standard InChI is InChI=1S/C52H33N3/c1-52(2)45-27-31(30-53)14-20-41(45)42-21-18-35(28-46(42)52)37-24-25-38(40-13-7-6-12-39(37)40)36-19-22-43-47(29-36)55-50(33-9-4-3-5-10-33)44-23-17-32-15-16-34-11-8-26-54-51(34)48(32)49(43)44/h3-29H,1-2H3. The Balaban J connectivity index is 1.11. The van der Waals surface area contributed by atoms with Gasteiger partial charge in [0.25, 0.3) is 0 Å². The average molecular weight is 700 g/mol. The highest BCUT2D eigenvalue weighted by Crippen LogP contribution is 2.50. The lowest BCUT2D eigenvalue weighted by Crippen LogP contribution is -2.15. The highest BCUT2D eigenvalue weighted by Gasteiger charge is 2.36. The zero-order valence-electron chi connectivity index (χ0n) is 30.4. The molecule has 0 N–H and O–H groups in total. The summed E-state index contributed by atoms with van der Waals surface area (Å²) >= 11 is 0. The van der Waals surface area contributed by atoms with Crippen LogP contribution in [0.1, 0.15) is 30.5 Å². The molecule has 0 bridgehead atoms. The van der Waals surface area contributed by atoms with Gasteiger partial charge >= 0.3 is 0 Å². The number of hydrogen-bond donors (Lipinski definition) is 0. The van der Waals surface area contributed by atoms with Crippen LogP contribution in [0.3, 0.4) is 0 Å². The zero-order valence-corrected chi connectivity index (χ0v) is 30.4. The zero-order chi connectivity index (χ0) is 36.8.